The maximum Gasteiger partial charge on any atom is 0.216 e. The van der Waals surface area contributed by atoms with Crippen molar-refractivity contribution in [3.05, 3.63) is 60.4 Å². The van der Waals surface area contributed by atoms with E-state index in [4.69, 9.17) is 4.74 Å². The Labute approximate surface area is 170 Å². The lowest BCUT2D eigenvalue weighted by Crippen LogP contribution is -2.20. The molecule has 29 heavy (non-hydrogen) atoms. The van der Waals surface area contributed by atoms with Crippen LogP contribution in [0.1, 0.15) is 37.7 Å². The number of H-pyrrole nitrogens is 1. The van der Waals surface area contributed by atoms with E-state index in [0.29, 0.717) is 6.10 Å². The van der Waals surface area contributed by atoms with Gasteiger partial charge in [-0.2, -0.15) is 0 Å². The van der Waals surface area contributed by atoms with E-state index in [1.807, 2.05) is 48.8 Å². The average molecular weight is 384 g/mol. The summed E-state index contributed by atoms with van der Waals surface area (Å²) in [6.45, 7) is 2.05. The van der Waals surface area contributed by atoms with Crippen molar-refractivity contribution in [3.63, 3.8) is 0 Å². The van der Waals surface area contributed by atoms with Crippen LogP contribution in [-0.4, -0.2) is 26.0 Å². The lowest BCUT2D eigenvalue weighted by Gasteiger charge is -2.23. The summed E-state index contributed by atoms with van der Waals surface area (Å²) in [7, 11) is 0. The maximum absolute atomic E-state index is 6.14. The first-order chi connectivity index (χ1) is 14.3. The number of rotatable bonds is 4. The zero-order valence-corrected chi connectivity index (χ0v) is 16.6. The van der Waals surface area contributed by atoms with Crippen molar-refractivity contribution in [2.75, 3.05) is 0 Å². The molecule has 0 amide bonds. The van der Waals surface area contributed by atoms with Gasteiger partial charge in [0.1, 0.15) is 11.9 Å². The molecule has 5 rings (SSSR count). The molecule has 0 radical (unpaired) electrons. The molecule has 1 aliphatic rings. The number of aromatic nitrogens is 4. The fourth-order valence-corrected chi connectivity index (χ4v) is 3.96. The smallest absolute Gasteiger partial charge is 0.216 e. The first kappa shape index (κ1) is 17.9. The second kappa shape index (κ2) is 7.66. The van der Waals surface area contributed by atoms with Crippen LogP contribution in [0, 0.1) is 6.92 Å². The van der Waals surface area contributed by atoms with Gasteiger partial charge in [-0.25, -0.2) is 9.97 Å². The number of para-hydroxylation sites is 2. The van der Waals surface area contributed by atoms with Gasteiger partial charge in [-0.3, -0.25) is 4.98 Å². The van der Waals surface area contributed by atoms with Crippen LogP contribution in [0.2, 0.25) is 0 Å². The first-order valence-corrected chi connectivity index (χ1v) is 10.3. The molecule has 5 heteroatoms. The van der Waals surface area contributed by atoms with Crippen LogP contribution in [0.15, 0.2) is 54.9 Å². The van der Waals surface area contributed by atoms with Crippen molar-refractivity contribution < 1.29 is 4.74 Å². The minimum atomic E-state index is 0.307. The van der Waals surface area contributed by atoms with Crippen LogP contribution in [-0.2, 0) is 0 Å². The Morgan fingerprint density at radius 2 is 1.76 bits per heavy atom. The van der Waals surface area contributed by atoms with Crippen LogP contribution in [0.25, 0.3) is 33.7 Å². The highest BCUT2D eigenvalue weighted by atomic mass is 16.5. The van der Waals surface area contributed by atoms with Gasteiger partial charge in [0, 0.05) is 29.1 Å². The Bertz CT molecular complexity index is 1090. The standard InChI is InChI=1S/C24H24N4O/c1-16-13-18(15-26-24(16)29-19-7-3-2-4-8-19)20-12-11-17(14-25-20)23-27-21-9-5-6-10-22(21)28-23/h5-6,9-15,19H,2-4,7-8H2,1H3,(H,27,28). The van der Waals surface area contributed by atoms with Gasteiger partial charge >= 0.3 is 0 Å². The molecular formula is C24H24N4O. The number of benzene rings is 1. The number of pyridine rings is 2. The zero-order chi connectivity index (χ0) is 19.6. The lowest BCUT2D eigenvalue weighted by molar-refractivity contribution is 0.147. The highest BCUT2D eigenvalue weighted by Crippen LogP contribution is 2.28. The summed E-state index contributed by atoms with van der Waals surface area (Å²) in [5.41, 5.74) is 5.89. The second-order valence-corrected chi connectivity index (χ2v) is 7.76. The van der Waals surface area contributed by atoms with E-state index in [-0.39, 0.29) is 0 Å². The molecule has 0 saturated heterocycles. The highest BCUT2D eigenvalue weighted by Gasteiger charge is 2.17. The first-order valence-electron chi connectivity index (χ1n) is 10.3. The summed E-state index contributed by atoms with van der Waals surface area (Å²) in [6, 6.07) is 14.2. The largest absolute Gasteiger partial charge is 0.474 e. The van der Waals surface area contributed by atoms with Gasteiger partial charge < -0.3 is 9.72 Å². The summed E-state index contributed by atoms with van der Waals surface area (Å²) in [4.78, 5) is 17.2. The quantitative estimate of drug-likeness (QED) is 0.490. The molecule has 1 fully saturated rings. The van der Waals surface area contributed by atoms with Gasteiger partial charge in [-0.1, -0.05) is 18.6 Å². The highest BCUT2D eigenvalue weighted by molar-refractivity contribution is 5.79. The van der Waals surface area contributed by atoms with Gasteiger partial charge in [0.05, 0.1) is 16.7 Å². The van der Waals surface area contributed by atoms with Crippen LogP contribution in [0.5, 0.6) is 5.88 Å². The van der Waals surface area contributed by atoms with Crippen molar-refractivity contribution in [1.82, 2.24) is 19.9 Å². The summed E-state index contributed by atoms with van der Waals surface area (Å²) in [5, 5.41) is 0. The molecule has 0 aliphatic heterocycles. The fourth-order valence-electron chi connectivity index (χ4n) is 3.96. The predicted octanol–water partition coefficient (Wildman–Crippen LogP) is 5.71. The topological polar surface area (TPSA) is 63.7 Å². The molecule has 146 valence electrons. The van der Waals surface area contributed by atoms with Crippen molar-refractivity contribution in [3.8, 4) is 28.5 Å². The summed E-state index contributed by atoms with van der Waals surface area (Å²) in [5.74, 6) is 1.58. The van der Waals surface area contributed by atoms with E-state index in [1.165, 1.54) is 19.3 Å². The van der Waals surface area contributed by atoms with Gasteiger partial charge in [-0.05, 0) is 62.9 Å². The Morgan fingerprint density at radius 1 is 0.931 bits per heavy atom. The van der Waals surface area contributed by atoms with Gasteiger partial charge in [0.2, 0.25) is 5.88 Å². The maximum atomic E-state index is 6.14. The number of ether oxygens (including phenoxy) is 1. The number of nitrogens with zero attached hydrogens (tertiary/aromatic N) is 3. The third kappa shape index (κ3) is 3.73. The van der Waals surface area contributed by atoms with Crippen molar-refractivity contribution >= 4 is 11.0 Å². The molecule has 3 heterocycles. The van der Waals surface area contributed by atoms with Crippen molar-refractivity contribution in [1.29, 1.82) is 0 Å². The number of fused-ring (bicyclic) bond motifs is 1. The minimum Gasteiger partial charge on any atom is -0.474 e. The summed E-state index contributed by atoms with van der Waals surface area (Å²) >= 11 is 0. The van der Waals surface area contributed by atoms with Gasteiger partial charge in [-0.15, -0.1) is 0 Å². The predicted molar refractivity (Wildman–Crippen MR) is 115 cm³/mol. The number of nitrogens with one attached hydrogen (secondary N) is 1. The van der Waals surface area contributed by atoms with Gasteiger partial charge in [0.15, 0.2) is 0 Å². The van der Waals surface area contributed by atoms with E-state index in [0.717, 1.165) is 58.0 Å². The van der Waals surface area contributed by atoms with Crippen molar-refractivity contribution in [2.24, 2.45) is 0 Å². The number of aryl methyl sites for hydroxylation is 1. The second-order valence-electron chi connectivity index (χ2n) is 7.76. The van der Waals surface area contributed by atoms with E-state index >= 15 is 0 Å². The monoisotopic (exact) mass is 384 g/mol. The third-order valence-electron chi connectivity index (χ3n) is 5.58. The number of hydrogen-bond acceptors (Lipinski definition) is 4. The molecule has 0 unspecified atom stereocenters. The molecule has 1 aliphatic carbocycles. The Balaban J connectivity index is 1.36. The summed E-state index contributed by atoms with van der Waals surface area (Å²) < 4.78 is 6.14. The van der Waals surface area contributed by atoms with Gasteiger partial charge in [0.25, 0.3) is 0 Å². The van der Waals surface area contributed by atoms with Crippen LogP contribution in [0.3, 0.4) is 0 Å². The van der Waals surface area contributed by atoms with Crippen LogP contribution in [0.4, 0.5) is 0 Å². The molecular weight excluding hydrogens is 360 g/mol. The summed E-state index contributed by atoms with van der Waals surface area (Å²) in [6.07, 6.45) is 10.1. The average Bonchev–Trinajstić information content (AvgIpc) is 3.20. The molecule has 1 N–H and O–H groups in total. The van der Waals surface area contributed by atoms with E-state index in [9.17, 15) is 0 Å². The minimum absolute atomic E-state index is 0.307. The molecule has 0 spiro atoms. The normalized spacial score (nSPS) is 14.9. The van der Waals surface area contributed by atoms with Crippen LogP contribution >= 0.6 is 0 Å². The van der Waals surface area contributed by atoms with Crippen LogP contribution < -0.4 is 4.74 Å². The zero-order valence-electron chi connectivity index (χ0n) is 16.6. The number of aromatic amines is 1. The Morgan fingerprint density at radius 3 is 2.52 bits per heavy atom. The van der Waals surface area contributed by atoms with E-state index < -0.39 is 0 Å². The molecule has 3 aromatic heterocycles. The number of hydrogen-bond donors (Lipinski definition) is 1. The molecule has 1 aromatic carbocycles. The fraction of sp³-hybridized carbons (Fsp3) is 0.292. The SMILES string of the molecule is Cc1cc(-c2ccc(-c3nc4ccccc4[nH]3)cn2)cnc1OC1CCCCC1. The Hall–Kier alpha value is -3.21. The molecule has 0 bridgehead atoms. The molecule has 4 aromatic rings. The third-order valence-corrected chi connectivity index (χ3v) is 5.58. The number of imidazole rings is 1. The lowest BCUT2D eigenvalue weighted by atomic mass is 9.98. The Kier molecular flexibility index (Phi) is 4.72. The molecule has 1 saturated carbocycles. The van der Waals surface area contributed by atoms with E-state index in [1.54, 1.807) is 0 Å². The molecule has 0 atom stereocenters. The molecule has 5 nitrogen and oxygen atoms in total. The van der Waals surface area contributed by atoms with E-state index in [2.05, 4.69) is 32.9 Å². The van der Waals surface area contributed by atoms with Crippen molar-refractivity contribution in [2.45, 2.75) is 45.1 Å².